The van der Waals surface area contributed by atoms with Gasteiger partial charge in [-0.3, -0.25) is 9.59 Å². The van der Waals surface area contributed by atoms with Crippen molar-refractivity contribution in [2.75, 3.05) is 13.1 Å². The van der Waals surface area contributed by atoms with Crippen LogP contribution in [0.3, 0.4) is 0 Å². The summed E-state index contributed by atoms with van der Waals surface area (Å²) in [4.78, 5) is 25.7. The van der Waals surface area contributed by atoms with Crippen LogP contribution in [0, 0.1) is 6.92 Å². The van der Waals surface area contributed by atoms with E-state index in [-0.39, 0.29) is 17.9 Å². The fourth-order valence-corrected chi connectivity index (χ4v) is 2.74. The van der Waals surface area contributed by atoms with Crippen molar-refractivity contribution in [2.45, 2.75) is 45.6 Å². The third kappa shape index (κ3) is 4.59. The molecule has 0 radical (unpaired) electrons. The third-order valence-electron chi connectivity index (χ3n) is 3.94. The molecule has 21 heavy (non-hydrogen) atoms. The van der Waals surface area contributed by atoms with Gasteiger partial charge in [0.2, 0.25) is 11.8 Å². The molecule has 1 aromatic carbocycles. The van der Waals surface area contributed by atoms with Crippen LogP contribution < -0.4 is 5.32 Å². The molecule has 1 N–H and O–H groups in total. The van der Waals surface area contributed by atoms with Gasteiger partial charge in [-0.2, -0.15) is 0 Å². The number of likely N-dealkylation sites (tertiary alicyclic amines) is 1. The average Bonchev–Trinajstić information content (AvgIpc) is 2.48. The van der Waals surface area contributed by atoms with Gasteiger partial charge in [-0.15, -0.1) is 0 Å². The van der Waals surface area contributed by atoms with Crippen LogP contribution in [0.15, 0.2) is 24.3 Å². The largest absolute Gasteiger partial charge is 0.349 e. The maximum Gasteiger partial charge on any atom is 0.224 e. The molecule has 4 heteroatoms. The van der Waals surface area contributed by atoms with Crippen LogP contribution >= 0.6 is 0 Å². The number of nitrogens with one attached hydrogen (secondary N) is 1. The zero-order valence-corrected chi connectivity index (χ0v) is 12.9. The second-order valence-corrected chi connectivity index (χ2v) is 5.81. The summed E-state index contributed by atoms with van der Waals surface area (Å²) in [5.74, 6) is 0.0287. The summed E-state index contributed by atoms with van der Waals surface area (Å²) in [5, 5.41) is 2.90. The van der Waals surface area contributed by atoms with Gasteiger partial charge in [0.1, 0.15) is 0 Å². The lowest BCUT2D eigenvalue weighted by atomic mass is 10.0. The Balaban J connectivity index is 2.06. The molecular weight excluding hydrogens is 264 g/mol. The highest BCUT2D eigenvalue weighted by Gasteiger charge is 2.22. The van der Waals surface area contributed by atoms with Crippen molar-refractivity contribution in [3.8, 4) is 0 Å². The minimum absolute atomic E-state index is 0.105. The van der Waals surface area contributed by atoms with Crippen LogP contribution in [0.4, 0.5) is 0 Å². The van der Waals surface area contributed by atoms with E-state index < -0.39 is 0 Å². The van der Waals surface area contributed by atoms with E-state index in [2.05, 4.69) is 5.32 Å². The summed E-state index contributed by atoms with van der Waals surface area (Å²) in [6, 6.07) is 7.75. The Bertz CT molecular complexity index is 490. The lowest BCUT2D eigenvalue weighted by Gasteiger charge is -2.28. The van der Waals surface area contributed by atoms with Gasteiger partial charge in [0.05, 0.1) is 12.5 Å². The molecule has 0 aromatic heterocycles. The van der Waals surface area contributed by atoms with Gasteiger partial charge in [0.25, 0.3) is 0 Å². The molecule has 1 fully saturated rings. The van der Waals surface area contributed by atoms with Gasteiger partial charge in [-0.1, -0.05) is 29.8 Å². The van der Waals surface area contributed by atoms with Gasteiger partial charge in [0, 0.05) is 20.0 Å². The Hall–Kier alpha value is -1.84. The number of rotatable bonds is 4. The van der Waals surface area contributed by atoms with Gasteiger partial charge in [0.15, 0.2) is 0 Å². The molecule has 1 saturated heterocycles. The fraction of sp³-hybridized carbons (Fsp3) is 0.529. The van der Waals surface area contributed by atoms with E-state index in [0.717, 1.165) is 31.5 Å². The second-order valence-electron chi connectivity index (χ2n) is 5.81. The number of carbonyl (C=O) groups is 2. The molecule has 1 heterocycles. The topological polar surface area (TPSA) is 49.4 Å². The molecule has 0 aliphatic carbocycles. The first-order valence-corrected chi connectivity index (χ1v) is 7.67. The molecule has 0 spiro atoms. The summed E-state index contributed by atoms with van der Waals surface area (Å²) in [7, 11) is 0. The first-order valence-electron chi connectivity index (χ1n) is 7.67. The molecule has 1 aliphatic heterocycles. The first-order chi connectivity index (χ1) is 10.1. The van der Waals surface area contributed by atoms with Crippen LogP contribution in [0.25, 0.3) is 0 Å². The fourth-order valence-electron chi connectivity index (χ4n) is 2.74. The second kappa shape index (κ2) is 7.25. The van der Waals surface area contributed by atoms with Crippen molar-refractivity contribution in [1.82, 2.24) is 10.2 Å². The molecule has 0 bridgehead atoms. The van der Waals surface area contributed by atoms with Gasteiger partial charge < -0.3 is 10.2 Å². The Labute approximate surface area is 126 Å². The van der Waals surface area contributed by atoms with Gasteiger partial charge in [-0.25, -0.2) is 0 Å². The van der Waals surface area contributed by atoms with E-state index in [1.54, 1.807) is 0 Å². The van der Waals surface area contributed by atoms with Crippen molar-refractivity contribution < 1.29 is 9.59 Å². The van der Waals surface area contributed by atoms with Crippen molar-refractivity contribution in [1.29, 1.82) is 0 Å². The van der Waals surface area contributed by atoms with Crippen LogP contribution in [-0.4, -0.2) is 29.8 Å². The Morgan fingerprint density at radius 1 is 1.14 bits per heavy atom. The van der Waals surface area contributed by atoms with E-state index in [1.807, 2.05) is 36.1 Å². The maximum atomic E-state index is 12.4. The normalized spacial score (nSPS) is 16.4. The number of benzene rings is 1. The highest BCUT2D eigenvalue weighted by molar-refractivity contribution is 5.79. The quantitative estimate of drug-likeness (QED) is 0.925. The van der Waals surface area contributed by atoms with Crippen molar-refractivity contribution in [3.05, 3.63) is 35.4 Å². The Kier molecular flexibility index (Phi) is 5.37. The van der Waals surface area contributed by atoms with E-state index in [0.29, 0.717) is 6.42 Å². The predicted octanol–water partition coefficient (Wildman–Crippen LogP) is 2.57. The van der Waals surface area contributed by atoms with Crippen LogP contribution in [0.2, 0.25) is 0 Å². The number of piperidine rings is 1. The van der Waals surface area contributed by atoms with Crippen LogP contribution in [-0.2, 0) is 9.59 Å². The van der Waals surface area contributed by atoms with Crippen LogP contribution in [0.5, 0.6) is 0 Å². The third-order valence-corrected chi connectivity index (χ3v) is 3.94. The monoisotopic (exact) mass is 288 g/mol. The standard InChI is InChI=1S/C17H24N2O2/c1-13-6-8-15(9-7-13)16(18-14(2)20)12-17(21)19-10-4-3-5-11-19/h6-9,16H,3-5,10-12H2,1-2H3,(H,18,20). The number of carbonyl (C=O) groups excluding carboxylic acids is 2. The highest BCUT2D eigenvalue weighted by Crippen LogP contribution is 2.20. The van der Waals surface area contributed by atoms with Gasteiger partial charge in [-0.05, 0) is 31.7 Å². The predicted molar refractivity (Wildman–Crippen MR) is 82.8 cm³/mol. The molecular formula is C17H24N2O2. The summed E-state index contributed by atoms with van der Waals surface area (Å²) < 4.78 is 0. The molecule has 1 aliphatic rings. The number of nitrogens with zero attached hydrogens (tertiary/aromatic N) is 1. The zero-order valence-electron chi connectivity index (χ0n) is 12.9. The summed E-state index contributed by atoms with van der Waals surface area (Å²) in [6.07, 6.45) is 3.71. The minimum Gasteiger partial charge on any atom is -0.349 e. The smallest absolute Gasteiger partial charge is 0.224 e. The first kappa shape index (κ1) is 15.5. The lowest BCUT2D eigenvalue weighted by molar-refractivity contribution is -0.132. The Morgan fingerprint density at radius 3 is 2.33 bits per heavy atom. The molecule has 114 valence electrons. The van der Waals surface area contributed by atoms with Crippen molar-refractivity contribution >= 4 is 11.8 Å². The Morgan fingerprint density at radius 2 is 1.76 bits per heavy atom. The zero-order chi connectivity index (χ0) is 15.2. The molecule has 1 atom stereocenters. The van der Waals surface area contributed by atoms with E-state index >= 15 is 0 Å². The molecule has 0 saturated carbocycles. The number of amides is 2. The lowest BCUT2D eigenvalue weighted by Crippen LogP contribution is -2.38. The molecule has 1 aromatic rings. The van der Waals surface area contributed by atoms with Crippen molar-refractivity contribution in [3.63, 3.8) is 0 Å². The SMILES string of the molecule is CC(=O)NC(CC(=O)N1CCCCC1)c1ccc(C)cc1. The molecule has 1 unspecified atom stereocenters. The molecule has 4 nitrogen and oxygen atoms in total. The van der Waals surface area contributed by atoms with Gasteiger partial charge >= 0.3 is 0 Å². The highest BCUT2D eigenvalue weighted by atomic mass is 16.2. The maximum absolute atomic E-state index is 12.4. The van der Waals surface area contributed by atoms with Crippen LogP contribution in [0.1, 0.15) is 49.8 Å². The molecule has 2 rings (SSSR count). The van der Waals surface area contributed by atoms with E-state index in [1.165, 1.54) is 18.9 Å². The number of hydrogen-bond donors (Lipinski definition) is 1. The summed E-state index contributed by atoms with van der Waals surface area (Å²) in [5.41, 5.74) is 2.16. The summed E-state index contributed by atoms with van der Waals surface area (Å²) >= 11 is 0. The minimum atomic E-state index is -0.238. The summed E-state index contributed by atoms with van der Waals surface area (Å²) in [6.45, 7) is 5.21. The average molecular weight is 288 g/mol. The number of hydrogen-bond acceptors (Lipinski definition) is 2. The van der Waals surface area contributed by atoms with Crippen molar-refractivity contribution in [2.24, 2.45) is 0 Å². The van der Waals surface area contributed by atoms with E-state index in [9.17, 15) is 9.59 Å². The van der Waals surface area contributed by atoms with E-state index in [4.69, 9.17) is 0 Å². The number of aryl methyl sites for hydroxylation is 1. The molecule has 2 amide bonds.